The quantitative estimate of drug-likeness (QED) is 0.156. The number of aromatic nitrogens is 4. The van der Waals surface area contributed by atoms with Crippen LogP contribution in [-0.2, 0) is 0 Å². The molecule has 0 radical (unpaired) electrons. The van der Waals surface area contributed by atoms with Crippen molar-refractivity contribution in [1.29, 1.82) is 0 Å². The summed E-state index contributed by atoms with van der Waals surface area (Å²) in [5.74, 6) is 0.739. The number of nitrogens with zero attached hydrogens (tertiary/aromatic N) is 4. The predicted octanol–water partition coefficient (Wildman–Crippen LogP) is 11.4. The number of benzene rings is 9. The van der Waals surface area contributed by atoms with Crippen molar-refractivity contribution in [3.05, 3.63) is 231 Å². The van der Waals surface area contributed by atoms with Gasteiger partial charge in [0.25, 0.3) is 0 Å². The third-order valence-corrected chi connectivity index (χ3v) is 23.4. The molecule has 1 aliphatic heterocycles. The number of para-hydroxylation sites is 3. The Balaban J connectivity index is 1.08. The van der Waals surface area contributed by atoms with Crippen molar-refractivity contribution in [3.63, 3.8) is 0 Å². The molecule has 5 heteroatoms. The van der Waals surface area contributed by atoms with E-state index in [0.29, 0.717) is 0 Å². The zero-order valence-electron chi connectivity index (χ0n) is 34.2. The average molecular weight is 864 g/mol. The van der Waals surface area contributed by atoms with E-state index in [4.69, 9.17) is 9.97 Å². The minimum absolute atomic E-state index is 0.739. The Morgan fingerprint density at radius 3 is 1.59 bits per heavy atom. The van der Waals surface area contributed by atoms with Gasteiger partial charge in [0, 0.05) is 0 Å². The Bertz CT molecular complexity index is 3670. The van der Waals surface area contributed by atoms with Crippen molar-refractivity contribution in [1.82, 2.24) is 19.1 Å². The van der Waals surface area contributed by atoms with Gasteiger partial charge in [-0.25, -0.2) is 0 Å². The monoisotopic (exact) mass is 864 g/mol. The summed E-state index contributed by atoms with van der Waals surface area (Å²) >= 11 is -3.71. The molecule has 4 heterocycles. The molecule has 0 spiro atoms. The van der Waals surface area contributed by atoms with Crippen LogP contribution in [0.25, 0.3) is 88.9 Å². The van der Waals surface area contributed by atoms with Crippen molar-refractivity contribution < 1.29 is 0 Å². The molecule has 63 heavy (non-hydrogen) atoms. The predicted molar refractivity (Wildman–Crippen MR) is 264 cm³/mol. The van der Waals surface area contributed by atoms with Crippen LogP contribution in [0.1, 0.15) is 0 Å². The summed E-state index contributed by atoms with van der Waals surface area (Å²) in [6.07, 6.45) is 0. The molecule has 0 N–H and O–H groups in total. The first kappa shape index (κ1) is 35.9. The fourth-order valence-electron chi connectivity index (χ4n) is 10.6. The van der Waals surface area contributed by atoms with Crippen LogP contribution >= 0.6 is 0 Å². The Labute approximate surface area is 367 Å². The number of hydrogen-bond acceptors (Lipinski definition) is 2. The Morgan fingerprint density at radius 2 is 0.889 bits per heavy atom. The van der Waals surface area contributed by atoms with Gasteiger partial charge in [-0.05, 0) is 18.2 Å². The first-order chi connectivity index (χ1) is 31.3. The zero-order valence-corrected chi connectivity index (χ0v) is 36.3. The molecule has 294 valence electrons. The summed E-state index contributed by atoms with van der Waals surface area (Å²) in [7, 11) is 0. The molecule has 1 aliphatic rings. The van der Waals surface area contributed by atoms with Gasteiger partial charge in [0.05, 0.1) is 0 Å². The summed E-state index contributed by atoms with van der Waals surface area (Å²) < 4.78 is 10.3. The third kappa shape index (κ3) is 5.22. The summed E-state index contributed by atoms with van der Waals surface area (Å²) in [5, 5.41) is 4.97. The van der Waals surface area contributed by atoms with Gasteiger partial charge >= 0.3 is 315 Å². The summed E-state index contributed by atoms with van der Waals surface area (Å²) in [5.41, 5.74) is 12.4. The van der Waals surface area contributed by atoms with Crippen LogP contribution < -0.4 is 17.6 Å². The van der Waals surface area contributed by atoms with E-state index in [1.165, 1.54) is 66.8 Å². The first-order valence-electron chi connectivity index (χ1n) is 21.6. The molecule has 0 amide bonds. The van der Waals surface area contributed by atoms with Crippen LogP contribution in [-0.4, -0.2) is 32.4 Å². The maximum absolute atomic E-state index is 5.63. The molecule has 3 aromatic heterocycles. The molecule has 0 bridgehead atoms. The van der Waals surface area contributed by atoms with Crippen molar-refractivity contribution in [2.45, 2.75) is 0 Å². The Hall–Kier alpha value is -7.80. The van der Waals surface area contributed by atoms with Crippen LogP contribution in [0.3, 0.4) is 0 Å². The summed E-state index contributed by atoms with van der Waals surface area (Å²) in [6.45, 7) is 0. The normalized spacial score (nSPS) is 12.9. The summed E-state index contributed by atoms with van der Waals surface area (Å²) in [6, 6.07) is 84.0. The molecule has 0 unspecified atom stereocenters. The molecule has 9 aromatic carbocycles. The van der Waals surface area contributed by atoms with E-state index in [0.717, 1.165) is 39.7 Å². The second-order valence-corrected chi connectivity index (χ2v) is 24.2. The topological polar surface area (TPSA) is 35.6 Å². The van der Waals surface area contributed by atoms with Crippen molar-refractivity contribution in [2.75, 3.05) is 0 Å². The van der Waals surface area contributed by atoms with Crippen molar-refractivity contribution in [2.24, 2.45) is 0 Å². The molecule has 0 atom stereocenters. The van der Waals surface area contributed by atoms with E-state index in [-0.39, 0.29) is 0 Å². The van der Waals surface area contributed by atoms with Gasteiger partial charge in [-0.2, -0.15) is 0 Å². The minimum atomic E-state index is -3.71. The molecular formula is C58H38GeN4. The van der Waals surface area contributed by atoms with Crippen LogP contribution in [0, 0.1) is 0 Å². The van der Waals surface area contributed by atoms with E-state index in [2.05, 4.69) is 240 Å². The molecule has 0 saturated carbocycles. The van der Waals surface area contributed by atoms with Crippen molar-refractivity contribution in [3.8, 4) is 45.3 Å². The number of fused-ring (bicyclic) bond motifs is 10. The fraction of sp³-hybridized carbons (Fsp3) is 0. The molecule has 0 saturated heterocycles. The van der Waals surface area contributed by atoms with Crippen LogP contribution in [0.2, 0.25) is 0 Å². The van der Waals surface area contributed by atoms with Crippen LogP contribution in [0.5, 0.6) is 0 Å². The number of rotatable bonds is 6. The standard InChI is InChI=1S/C58H38GeN4/c1-5-19-40(20-6-1)58-60-55(54-56(61-58)47-28-13-16-30-49(47)59(54,41-21-7-2-8-22-41)42-23-9-3-10-24-42)39-33-35-44(36-34-39)62-51-32-18-15-29-48(51)53-52(62)38-37-46-45-27-14-17-31-50(45)63(57(46)53)43-25-11-4-12-26-43/h1-38H. The van der Waals surface area contributed by atoms with Crippen LogP contribution in [0.4, 0.5) is 0 Å². The van der Waals surface area contributed by atoms with E-state index in [1.54, 1.807) is 0 Å². The van der Waals surface area contributed by atoms with Crippen molar-refractivity contribution >= 4 is 74.5 Å². The van der Waals surface area contributed by atoms with Gasteiger partial charge in [-0.3, -0.25) is 0 Å². The molecule has 13 rings (SSSR count). The van der Waals surface area contributed by atoms with E-state index >= 15 is 0 Å². The van der Waals surface area contributed by atoms with Gasteiger partial charge in [0.1, 0.15) is 0 Å². The van der Waals surface area contributed by atoms with Gasteiger partial charge in [0.2, 0.25) is 0 Å². The molecule has 0 aliphatic carbocycles. The van der Waals surface area contributed by atoms with E-state index < -0.39 is 13.3 Å². The second-order valence-electron chi connectivity index (χ2n) is 16.5. The molecular weight excluding hydrogens is 825 g/mol. The SMILES string of the molecule is c1ccc(-c2nc(-c3ccc(-n4c5ccccc5c5c4ccc4c6ccccc6n(-c6ccccc6)c45)cc3)[c]3c(n2)-c2cccc[c]2[Ge]3([c]2ccccc2)[c]2ccccc2)cc1. The van der Waals surface area contributed by atoms with Crippen LogP contribution in [0.15, 0.2) is 231 Å². The second kappa shape index (κ2) is 14.1. The van der Waals surface area contributed by atoms with Gasteiger partial charge in [-0.1, -0.05) is 36.4 Å². The maximum atomic E-state index is 5.63. The number of hydrogen-bond donors (Lipinski definition) is 0. The van der Waals surface area contributed by atoms with Gasteiger partial charge < -0.3 is 0 Å². The molecule has 12 aromatic rings. The first-order valence-corrected chi connectivity index (χ1v) is 25.8. The molecule has 4 nitrogen and oxygen atoms in total. The fourth-order valence-corrected chi connectivity index (χ4v) is 21.6. The molecule has 0 fully saturated rings. The Kier molecular flexibility index (Phi) is 8.05. The third-order valence-electron chi connectivity index (χ3n) is 13.2. The average Bonchev–Trinajstić information content (AvgIpc) is 3.99. The zero-order chi connectivity index (χ0) is 41.5. The van der Waals surface area contributed by atoms with Gasteiger partial charge in [-0.15, -0.1) is 0 Å². The van der Waals surface area contributed by atoms with Gasteiger partial charge in [0.15, 0.2) is 0 Å². The summed E-state index contributed by atoms with van der Waals surface area (Å²) in [4.78, 5) is 11.1. The Morgan fingerprint density at radius 1 is 0.349 bits per heavy atom. The van der Waals surface area contributed by atoms with E-state index in [1.807, 2.05) is 0 Å². The van der Waals surface area contributed by atoms with E-state index in [9.17, 15) is 0 Å².